The molecular formula is C80H56N2. The van der Waals surface area contributed by atoms with Crippen LogP contribution in [0.25, 0.3) is 44.5 Å². The van der Waals surface area contributed by atoms with Crippen LogP contribution in [0.4, 0.5) is 34.1 Å². The minimum atomic E-state index is -0.507. The van der Waals surface area contributed by atoms with Crippen molar-refractivity contribution in [1.29, 1.82) is 0 Å². The molecule has 0 aliphatic heterocycles. The maximum absolute atomic E-state index is 2.45. The molecule has 15 rings (SSSR count). The molecule has 2 aliphatic carbocycles. The third-order valence-electron chi connectivity index (χ3n) is 17.2. The van der Waals surface area contributed by atoms with E-state index in [1.165, 1.54) is 66.8 Å². The van der Waals surface area contributed by atoms with Gasteiger partial charge in [0.15, 0.2) is 0 Å². The summed E-state index contributed by atoms with van der Waals surface area (Å²) in [5, 5.41) is 0. The van der Waals surface area contributed by atoms with Gasteiger partial charge in [0.1, 0.15) is 0 Å². The van der Waals surface area contributed by atoms with E-state index in [1.807, 2.05) is 0 Å². The molecular weight excluding hydrogens is 989 g/mol. The maximum Gasteiger partial charge on any atom is 0.0714 e. The summed E-state index contributed by atoms with van der Waals surface area (Å²) in [6, 6.07) is 125. The Balaban J connectivity index is 0.774. The van der Waals surface area contributed by atoms with Gasteiger partial charge in [-0.2, -0.15) is 0 Å². The molecule has 82 heavy (non-hydrogen) atoms. The van der Waals surface area contributed by atoms with E-state index in [0.717, 1.165) is 56.4 Å². The Bertz CT molecular complexity index is 4330. The van der Waals surface area contributed by atoms with Crippen molar-refractivity contribution >= 4 is 34.1 Å². The first-order valence-electron chi connectivity index (χ1n) is 28.4. The summed E-state index contributed by atoms with van der Waals surface area (Å²) in [7, 11) is 0. The molecule has 0 heterocycles. The molecule has 13 aromatic rings. The first-order valence-corrected chi connectivity index (χ1v) is 28.4. The molecule has 2 nitrogen and oxygen atoms in total. The summed E-state index contributed by atoms with van der Waals surface area (Å²) >= 11 is 0. The summed E-state index contributed by atoms with van der Waals surface area (Å²) in [5.74, 6) is 0. The number of para-hydroxylation sites is 2. The molecule has 0 spiro atoms. The highest BCUT2D eigenvalue weighted by Crippen LogP contribution is 2.59. The summed E-state index contributed by atoms with van der Waals surface area (Å²) in [4.78, 5) is 4.81. The van der Waals surface area contributed by atoms with E-state index in [4.69, 9.17) is 0 Å². The van der Waals surface area contributed by atoms with Gasteiger partial charge in [-0.1, -0.05) is 267 Å². The molecule has 0 saturated heterocycles. The van der Waals surface area contributed by atoms with Gasteiger partial charge >= 0.3 is 0 Å². The SMILES string of the molecule is c1ccc(N(c2ccc(-c3ccc(-c4cccc(N(c5ccccc5)c5ccc6c(c5)C(c5ccccc5)(c5ccccc5)c5ccccc5-6)c4)cc3)cc2)c2ccc3c(c2)C(c2ccccc2)(c2ccccc2)c2ccccc2-3)cc1. The third-order valence-corrected chi connectivity index (χ3v) is 17.2. The van der Waals surface area contributed by atoms with Crippen LogP contribution in [0.3, 0.4) is 0 Å². The van der Waals surface area contributed by atoms with Gasteiger partial charge in [-0.25, -0.2) is 0 Å². The first kappa shape index (κ1) is 48.6. The van der Waals surface area contributed by atoms with Crippen molar-refractivity contribution in [2.24, 2.45) is 0 Å². The molecule has 0 amide bonds. The van der Waals surface area contributed by atoms with Gasteiger partial charge in [0, 0.05) is 34.1 Å². The van der Waals surface area contributed by atoms with Gasteiger partial charge in [-0.05, 0) is 162 Å². The quantitative estimate of drug-likeness (QED) is 0.120. The maximum atomic E-state index is 2.45. The normalized spacial score (nSPS) is 13.1. The monoisotopic (exact) mass is 1040 g/mol. The molecule has 0 N–H and O–H groups in total. The van der Waals surface area contributed by atoms with Crippen LogP contribution in [-0.2, 0) is 10.8 Å². The Morgan fingerprint density at radius 1 is 0.171 bits per heavy atom. The van der Waals surface area contributed by atoms with E-state index in [-0.39, 0.29) is 0 Å². The number of hydrogen-bond acceptors (Lipinski definition) is 2. The number of anilines is 6. The fraction of sp³-hybridized carbons (Fsp3) is 0.0250. The van der Waals surface area contributed by atoms with E-state index in [9.17, 15) is 0 Å². The van der Waals surface area contributed by atoms with Crippen LogP contribution in [0.5, 0.6) is 0 Å². The third kappa shape index (κ3) is 7.86. The highest BCUT2D eigenvalue weighted by molar-refractivity contribution is 5.92. The Hall–Kier alpha value is -10.5. The molecule has 0 atom stereocenters. The van der Waals surface area contributed by atoms with Gasteiger partial charge in [0.2, 0.25) is 0 Å². The minimum Gasteiger partial charge on any atom is -0.310 e. The summed E-state index contributed by atoms with van der Waals surface area (Å²) in [6.07, 6.45) is 0. The zero-order valence-corrected chi connectivity index (χ0v) is 45.2. The molecule has 0 unspecified atom stereocenters. The van der Waals surface area contributed by atoms with Crippen molar-refractivity contribution in [3.05, 3.63) is 384 Å². The zero-order valence-electron chi connectivity index (χ0n) is 45.2. The van der Waals surface area contributed by atoms with Crippen LogP contribution < -0.4 is 9.80 Å². The van der Waals surface area contributed by atoms with Crippen LogP contribution in [0.15, 0.2) is 340 Å². The molecule has 2 heteroatoms. The smallest absolute Gasteiger partial charge is 0.0714 e. The van der Waals surface area contributed by atoms with Crippen molar-refractivity contribution in [2.75, 3.05) is 9.80 Å². The van der Waals surface area contributed by atoms with E-state index < -0.39 is 10.8 Å². The first-order chi connectivity index (χ1) is 40.7. The Labute approximate surface area is 480 Å². The van der Waals surface area contributed by atoms with E-state index in [2.05, 4.69) is 350 Å². The van der Waals surface area contributed by atoms with Gasteiger partial charge < -0.3 is 9.80 Å². The van der Waals surface area contributed by atoms with Crippen molar-refractivity contribution in [2.45, 2.75) is 10.8 Å². The largest absolute Gasteiger partial charge is 0.310 e. The van der Waals surface area contributed by atoms with Crippen LogP contribution in [0.1, 0.15) is 44.5 Å². The molecule has 0 saturated carbocycles. The second-order valence-electron chi connectivity index (χ2n) is 21.5. The van der Waals surface area contributed by atoms with Crippen LogP contribution in [-0.4, -0.2) is 0 Å². The molecule has 0 radical (unpaired) electrons. The molecule has 0 fully saturated rings. The zero-order chi connectivity index (χ0) is 54.5. The highest BCUT2D eigenvalue weighted by Gasteiger charge is 2.48. The Morgan fingerprint density at radius 3 is 0.866 bits per heavy atom. The lowest BCUT2D eigenvalue weighted by atomic mass is 9.67. The fourth-order valence-electron chi connectivity index (χ4n) is 13.7. The predicted octanol–water partition coefficient (Wildman–Crippen LogP) is 20.7. The highest BCUT2D eigenvalue weighted by atomic mass is 15.1. The number of rotatable bonds is 12. The summed E-state index contributed by atoms with van der Waals surface area (Å²) in [5.41, 5.74) is 25.4. The number of hydrogen-bond donors (Lipinski definition) is 0. The predicted molar refractivity (Wildman–Crippen MR) is 341 cm³/mol. The molecule has 386 valence electrons. The number of benzene rings is 13. The number of nitrogens with zero attached hydrogens (tertiary/aromatic N) is 2. The lowest BCUT2D eigenvalue weighted by molar-refractivity contribution is 0.768. The Morgan fingerprint density at radius 2 is 0.451 bits per heavy atom. The van der Waals surface area contributed by atoms with Gasteiger partial charge in [0.25, 0.3) is 0 Å². The van der Waals surface area contributed by atoms with Crippen LogP contribution in [0, 0.1) is 0 Å². The summed E-state index contributed by atoms with van der Waals surface area (Å²) < 4.78 is 0. The van der Waals surface area contributed by atoms with E-state index >= 15 is 0 Å². The van der Waals surface area contributed by atoms with Crippen LogP contribution in [0.2, 0.25) is 0 Å². The second kappa shape index (κ2) is 20.3. The van der Waals surface area contributed by atoms with Gasteiger partial charge in [-0.15, -0.1) is 0 Å². The lowest BCUT2D eigenvalue weighted by Crippen LogP contribution is -2.28. The van der Waals surface area contributed by atoms with Crippen molar-refractivity contribution in [1.82, 2.24) is 0 Å². The second-order valence-corrected chi connectivity index (χ2v) is 21.5. The molecule has 0 bridgehead atoms. The van der Waals surface area contributed by atoms with Crippen molar-refractivity contribution in [3.8, 4) is 44.5 Å². The number of fused-ring (bicyclic) bond motifs is 6. The molecule has 0 aromatic heterocycles. The molecule has 13 aromatic carbocycles. The lowest BCUT2D eigenvalue weighted by Gasteiger charge is -2.35. The molecule has 2 aliphatic rings. The standard InChI is InChI=1S/C80H56N2/c1-7-25-61(26-8-1)79(62-27-9-2-10-28-62)75-40-21-19-38-71(75)73-52-50-69(55-77(73)79)81(65-33-15-5-16-34-65)67-48-46-58(47-49-67)57-42-44-59(45-43-57)60-24-23-37-68(54-60)82(66-35-17-6-18-36-66)70-51-53-74-72-39-20-22-41-76(72)80(78(74)56-70,63-29-11-3-12-30-63)64-31-13-4-14-32-64/h1-56H. The van der Waals surface area contributed by atoms with Crippen molar-refractivity contribution in [3.63, 3.8) is 0 Å². The summed E-state index contributed by atoms with van der Waals surface area (Å²) in [6.45, 7) is 0. The van der Waals surface area contributed by atoms with Gasteiger partial charge in [-0.3, -0.25) is 0 Å². The Kier molecular flexibility index (Phi) is 12.0. The van der Waals surface area contributed by atoms with Crippen molar-refractivity contribution < 1.29 is 0 Å². The fourth-order valence-corrected chi connectivity index (χ4v) is 13.7. The topological polar surface area (TPSA) is 6.48 Å². The van der Waals surface area contributed by atoms with E-state index in [1.54, 1.807) is 0 Å². The minimum absolute atomic E-state index is 0.499. The average Bonchev–Trinajstić information content (AvgIpc) is 3.50. The average molecular weight is 1050 g/mol. The van der Waals surface area contributed by atoms with Gasteiger partial charge in [0.05, 0.1) is 10.8 Å². The van der Waals surface area contributed by atoms with E-state index in [0.29, 0.717) is 0 Å². The van der Waals surface area contributed by atoms with Crippen LogP contribution >= 0.6 is 0 Å².